The molecule has 5 heteroatoms. The number of aryl methyl sites for hydroxylation is 2. The predicted molar refractivity (Wildman–Crippen MR) is 84.1 cm³/mol. The number of nitrogen functional groups attached to an aromatic ring is 1. The molecule has 0 radical (unpaired) electrons. The molecule has 0 fully saturated rings. The Bertz CT molecular complexity index is 684. The number of nitrogens with one attached hydrogen (secondary N) is 1. The van der Waals surface area contributed by atoms with Gasteiger partial charge in [0.25, 0.3) is 5.91 Å². The fourth-order valence-corrected chi connectivity index (χ4v) is 2.04. The van der Waals surface area contributed by atoms with Crippen LogP contribution in [0.25, 0.3) is 0 Å². The van der Waals surface area contributed by atoms with Crippen molar-refractivity contribution in [3.8, 4) is 5.75 Å². The maximum atomic E-state index is 12.1. The van der Waals surface area contributed by atoms with E-state index in [9.17, 15) is 9.90 Å². The largest absolute Gasteiger partial charge is 0.507 e. The van der Waals surface area contributed by atoms with Gasteiger partial charge in [-0.15, -0.1) is 0 Å². The zero-order valence-corrected chi connectivity index (χ0v) is 12.8. The molecule has 0 heterocycles. The van der Waals surface area contributed by atoms with Crippen LogP contribution >= 0.6 is 15.9 Å². The average Bonchev–Trinajstić information content (AvgIpc) is 2.39. The second-order valence-corrected chi connectivity index (χ2v) is 5.50. The molecule has 0 unspecified atom stereocenters. The average molecular weight is 335 g/mol. The highest BCUT2D eigenvalue weighted by Gasteiger charge is 2.11. The van der Waals surface area contributed by atoms with Crippen molar-refractivity contribution in [2.45, 2.75) is 13.8 Å². The zero-order valence-electron chi connectivity index (χ0n) is 11.2. The summed E-state index contributed by atoms with van der Waals surface area (Å²) >= 11 is 3.17. The van der Waals surface area contributed by atoms with E-state index in [1.807, 2.05) is 26.0 Å². The molecule has 0 saturated carbocycles. The zero-order chi connectivity index (χ0) is 14.9. The Balaban J connectivity index is 2.27. The van der Waals surface area contributed by atoms with Crippen LogP contribution in [0.5, 0.6) is 5.75 Å². The molecular weight excluding hydrogens is 320 g/mol. The fraction of sp³-hybridized carbons (Fsp3) is 0.133. The van der Waals surface area contributed by atoms with E-state index < -0.39 is 0 Å². The normalized spacial score (nSPS) is 10.3. The van der Waals surface area contributed by atoms with Gasteiger partial charge in [0.1, 0.15) is 5.75 Å². The van der Waals surface area contributed by atoms with E-state index in [0.29, 0.717) is 21.4 Å². The monoisotopic (exact) mass is 334 g/mol. The van der Waals surface area contributed by atoms with Crippen molar-refractivity contribution in [3.05, 3.63) is 51.5 Å². The SMILES string of the molecule is Cc1cc(N)c(NC(=O)c2ccc(Br)c(O)c2)cc1C. The number of amides is 1. The molecule has 0 saturated heterocycles. The molecule has 1 amide bonds. The number of carbonyl (C=O) groups excluding carboxylic acids is 1. The number of aromatic hydroxyl groups is 1. The fourth-order valence-electron chi connectivity index (χ4n) is 1.80. The van der Waals surface area contributed by atoms with Crippen LogP contribution in [-0.2, 0) is 0 Å². The topological polar surface area (TPSA) is 75.3 Å². The second kappa shape index (κ2) is 5.54. The van der Waals surface area contributed by atoms with Gasteiger partial charge in [-0.1, -0.05) is 0 Å². The maximum absolute atomic E-state index is 12.1. The first-order valence-corrected chi connectivity index (χ1v) is 6.84. The van der Waals surface area contributed by atoms with Gasteiger partial charge >= 0.3 is 0 Å². The van der Waals surface area contributed by atoms with Gasteiger partial charge in [0.15, 0.2) is 0 Å². The lowest BCUT2D eigenvalue weighted by atomic mass is 10.1. The molecule has 0 spiro atoms. The van der Waals surface area contributed by atoms with E-state index >= 15 is 0 Å². The molecular formula is C15H15BrN2O2. The number of phenols is 1. The third kappa shape index (κ3) is 2.93. The molecule has 0 aliphatic heterocycles. The molecule has 4 N–H and O–H groups in total. The smallest absolute Gasteiger partial charge is 0.255 e. The highest BCUT2D eigenvalue weighted by atomic mass is 79.9. The summed E-state index contributed by atoms with van der Waals surface area (Å²) in [6.45, 7) is 3.92. The van der Waals surface area contributed by atoms with E-state index in [2.05, 4.69) is 21.2 Å². The van der Waals surface area contributed by atoms with Gasteiger partial charge < -0.3 is 16.2 Å². The maximum Gasteiger partial charge on any atom is 0.255 e. The first-order chi connectivity index (χ1) is 9.38. The number of carbonyl (C=O) groups is 1. The molecule has 104 valence electrons. The Kier molecular flexibility index (Phi) is 3.99. The summed E-state index contributed by atoms with van der Waals surface area (Å²) in [5.41, 5.74) is 9.47. The number of rotatable bonds is 2. The molecule has 0 aromatic heterocycles. The molecule has 0 aliphatic rings. The van der Waals surface area contributed by atoms with Crippen molar-refractivity contribution in [2.24, 2.45) is 0 Å². The van der Waals surface area contributed by atoms with Crippen LogP contribution < -0.4 is 11.1 Å². The molecule has 2 aromatic rings. The van der Waals surface area contributed by atoms with Gasteiger partial charge in [0.2, 0.25) is 0 Å². The van der Waals surface area contributed by atoms with Gasteiger partial charge in [-0.2, -0.15) is 0 Å². The lowest BCUT2D eigenvalue weighted by Crippen LogP contribution is -2.13. The minimum absolute atomic E-state index is 0.0192. The molecule has 0 atom stereocenters. The summed E-state index contributed by atoms with van der Waals surface area (Å²) in [5, 5.41) is 12.3. The first kappa shape index (κ1) is 14.4. The van der Waals surface area contributed by atoms with E-state index in [1.54, 1.807) is 12.1 Å². The van der Waals surface area contributed by atoms with Gasteiger partial charge in [0, 0.05) is 5.56 Å². The van der Waals surface area contributed by atoms with Gasteiger partial charge in [-0.3, -0.25) is 4.79 Å². The van der Waals surface area contributed by atoms with Crippen LogP contribution in [0.1, 0.15) is 21.5 Å². The Morgan fingerprint density at radius 1 is 1.20 bits per heavy atom. The third-order valence-electron chi connectivity index (χ3n) is 3.12. The second-order valence-electron chi connectivity index (χ2n) is 4.64. The van der Waals surface area contributed by atoms with Crippen molar-refractivity contribution >= 4 is 33.2 Å². The summed E-state index contributed by atoms with van der Waals surface area (Å²) in [6.07, 6.45) is 0. The van der Waals surface area contributed by atoms with Crippen LogP contribution in [0.2, 0.25) is 0 Å². The molecule has 2 aromatic carbocycles. The van der Waals surface area contributed by atoms with Gasteiger partial charge in [0.05, 0.1) is 15.8 Å². The van der Waals surface area contributed by atoms with Crippen LogP contribution in [0, 0.1) is 13.8 Å². The van der Waals surface area contributed by atoms with Crippen molar-refractivity contribution in [1.82, 2.24) is 0 Å². The summed E-state index contributed by atoms with van der Waals surface area (Å²) in [7, 11) is 0. The van der Waals surface area contributed by atoms with E-state index in [1.165, 1.54) is 6.07 Å². The number of hydrogen-bond acceptors (Lipinski definition) is 3. The Morgan fingerprint density at radius 2 is 1.85 bits per heavy atom. The van der Waals surface area contributed by atoms with Crippen molar-refractivity contribution in [2.75, 3.05) is 11.1 Å². The van der Waals surface area contributed by atoms with E-state index in [0.717, 1.165) is 11.1 Å². The Morgan fingerprint density at radius 3 is 2.50 bits per heavy atom. The minimum Gasteiger partial charge on any atom is -0.507 e. The third-order valence-corrected chi connectivity index (χ3v) is 3.79. The molecule has 0 bridgehead atoms. The minimum atomic E-state index is -0.317. The van der Waals surface area contributed by atoms with Crippen molar-refractivity contribution in [3.63, 3.8) is 0 Å². The summed E-state index contributed by atoms with van der Waals surface area (Å²) in [5.74, 6) is -0.298. The number of halogens is 1. The van der Waals surface area contributed by atoms with Gasteiger partial charge in [-0.05, 0) is 71.2 Å². The summed E-state index contributed by atoms with van der Waals surface area (Å²) < 4.78 is 0.541. The van der Waals surface area contributed by atoms with Crippen LogP contribution in [-0.4, -0.2) is 11.0 Å². The highest BCUT2D eigenvalue weighted by molar-refractivity contribution is 9.10. The summed E-state index contributed by atoms with van der Waals surface area (Å²) in [4.78, 5) is 12.1. The number of anilines is 2. The first-order valence-electron chi connectivity index (χ1n) is 6.05. The standard InChI is InChI=1S/C15H15BrN2O2/c1-8-5-12(17)13(6-9(8)2)18-15(20)10-3-4-11(16)14(19)7-10/h3-7,19H,17H2,1-2H3,(H,18,20). The van der Waals surface area contributed by atoms with Crippen molar-refractivity contribution < 1.29 is 9.90 Å². The quantitative estimate of drug-likeness (QED) is 0.734. The van der Waals surface area contributed by atoms with E-state index in [4.69, 9.17) is 5.73 Å². The van der Waals surface area contributed by atoms with Crippen molar-refractivity contribution in [1.29, 1.82) is 0 Å². The lowest BCUT2D eigenvalue weighted by Gasteiger charge is -2.11. The van der Waals surface area contributed by atoms with E-state index in [-0.39, 0.29) is 11.7 Å². The van der Waals surface area contributed by atoms with Crippen LogP contribution in [0.4, 0.5) is 11.4 Å². The molecule has 4 nitrogen and oxygen atoms in total. The summed E-state index contributed by atoms with van der Waals surface area (Å²) in [6, 6.07) is 8.30. The Hall–Kier alpha value is -2.01. The number of nitrogens with two attached hydrogens (primary N) is 1. The molecule has 0 aliphatic carbocycles. The van der Waals surface area contributed by atoms with Crippen LogP contribution in [0.15, 0.2) is 34.8 Å². The lowest BCUT2D eigenvalue weighted by molar-refractivity contribution is 0.102. The predicted octanol–water partition coefficient (Wildman–Crippen LogP) is 3.61. The highest BCUT2D eigenvalue weighted by Crippen LogP contribution is 2.26. The number of hydrogen-bond donors (Lipinski definition) is 3. The molecule has 2 rings (SSSR count). The number of benzene rings is 2. The van der Waals surface area contributed by atoms with Crippen LogP contribution in [0.3, 0.4) is 0 Å². The van der Waals surface area contributed by atoms with Gasteiger partial charge in [-0.25, -0.2) is 0 Å². The molecule has 20 heavy (non-hydrogen) atoms. The Labute approximate surface area is 125 Å². The number of phenolic OH excluding ortho intramolecular Hbond substituents is 1.